The number of amides is 2. The third-order valence-electron chi connectivity index (χ3n) is 4.70. The van der Waals surface area contributed by atoms with Gasteiger partial charge < -0.3 is 0 Å². The van der Waals surface area contributed by atoms with E-state index in [0.29, 0.717) is 35.8 Å². The number of nitrogens with zero attached hydrogens (tertiary/aromatic N) is 6. The molecule has 0 atom stereocenters. The highest BCUT2D eigenvalue weighted by atomic mass is 32.1. The molecular formula is C21H21N7OS. The molecule has 2 amide bonds. The fourth-order valence-electron chi connectivity index (χ4n) is 2.97. The van der Waals surface area contributed by atoms with Crippen LogP contribution in [0.5, 0.6) is 0 Å². The fourth-order valence-corrected chi connectivity index (χ4v) is 3.02. The van der Waals surface area contributed by atoms with Crippen molar-refractivity contribution >= 4 is 35.8 Å². The van der Waals surface area contributed by atoms with Crippen LogP contribution in [0, 0.1) is 6.92 Å². The van der Waals surface area contributed by atoms with Gasteiger partial charge in [-0.05, 0) is 37.1 Å². The second-order valence-electron chi connectivity index (χ2n) is 6.79. The third kappa shape index (κ3) is 4.25. The molecule has 9 heteroatoms. The van der Waals surface area contributed by atoms with Crippen LogP contribution < -0.4 is 5.32 Å². The van der Waals surface area contributed by atoms with Crippen LogP contribution in [0.3, 0.4) is 0 Å². The molecule has 0 spiro atoms. The van der Waals surface area contributed by atoms with Crippen LogP contribution in [-0.4, -0.2) is 41.6 Å². The topological polar surface area (TPSA) is 88.8 Å². The van der Waals surface area contributed by atoms with E-state index in [9.17, 15) is 4.79 Å². The van der Waals surface area contributed by atoms with Crippen molar-refractivity contribution in [3.63, 3.8) is 0 Å². The molecule has 30 heavy (non-hydrogen) atoms. The van der Waals surface area contributed by atoms with Gasteiger partial charge in [-0.1, -0.05) is 37.1 Å². The van der Waals surface area contributed by atoms with E-state index < -0.39 is 0 Å². The van der Waals surface area contributed by atoms with Gasteiger partial charge in [-0.25, -0.2) is 14.8 Å². The van der Waals surface area contributed by atoms with Crippen molar-refractivity contribution < 1.29 is 4.79 Å². The molecule has 0 aliphatic carbocycles. The van der Waals surface area contributed by atoms with Crippen LogP contribution in [-0.2, 0) is 6.54 Å². The number of urea groups is 1. The molecule has 152 valence electrons. The number of rotatable bonds is 5. The molecule has 0 bridgehead atoms. The van der Waals surface area contributed by atoms with E-state index in [2.05, 4.69) is 57.2 Å². The average molecular weight is 420 g/mol. The summed E-state index contributed by atoms with van der Waals surface area (Å²) in [6.07, 6.45) is 5.40. The molecule has 0 aliphatic heterocycles. The van der Waals surface area contributed by atoms with E-state index in [1.807, 2.05) is 29.9 Å². The molecule has 4 aromatic rings. The van der Waals surface area contributed by atoms with Crippen LogP contribution in [0.1, 0.15) is 18.1 Å². The largest absolute Gasteiger partial charge is 0.332 e. The molecular weight excluding hydrogens is 398 g/mol. The van der Waals surface area contributed by atoms with Crippen molar-refractivity contribution in [3.8, 4) is 11.3 Å². The Kier molecular flexibility index (Phi) is 5.62. The minimum Gasteiger partial charge on any atom is -0.291 e. The predicted molar refractivity (Wildman–Crippen MR) is 119 cm³/mol. The smallest absolute Gasteiger partial charge is 0.291 e. The maximum absolute atomic E-state index is 12.0. The Bertz CT molecular complexity index is 1210. The fraction of sp³-hybridized carbons (Fsp3) is 0.190. The van der Waals surface area contributed by atoms with Crippen molar-refractivity contribution in [2.24, 2.45) is 0 Å². The SMILES string of the molecule is CCN(S)C(=O)Nc1ccc2ncc(-c3cnn(Cc4ccccc4C)c3)nc2n1. The lowest BCUT2D eigenvalue weighted by Gasteiger charge is -2.13. The third-order valence-corrected chi connectivity index (χ3v) is 5.16. The molecule has 1 N–H and O–H groups in total. The highest BCUT2D eigenvalue weighted by Crippen LogP contribution is 2.20. The summed E-state index contributed by atoms with van der Waals surface area (Å²) in [5, 5.41) is 7.15. The van der Waals surface area contributed by atoms with E-state index in [-0.39, 0.29) is 6.03 Å². The highest BCUT2D eigenvalue weighted by Gasteiger charge is 2.11. The molecule has 0 aliphatic rings. The maximum Gasteiger partial charge on any atom is 0.332 e. The number of hydrogen-bond acceptors (Lipinski definition) is 6. The second-order valence-corrected chi connectivity index (χ2v) is 7.28. The number of aryl methyl sites for hydroxylation is 1. The Labute approximate surface area is 179 Å². The van der Waals surface area contributed by atoms with E-state index in [4.69, 9.17) is 0 Å². The number of nitrogens with one attached hydrogen (secondary N) is 1. The first-order valence-corrected chi connectivity index (χ1v) is 9.92. The molecule has 0 unspecified atom stereocenters. The Balaban J connectivity index is 1.58. The summed E-state index contributed by atoms with van der Waals surface area (Å²) in [4.78, 5) is 25.4. The number of pyridine rings is 1. The molecule has 1 aromatic carbocycles. The van der Waals surface area contributed by atoms with Crippen LogP contribution in [0.25, 0.3) is 22.4 Å². The highest BCUT2D eigenvalue weighted by molar-refractivity contribution is 7.78. The van der Waals surface area contributed by atoms with Gasteiger partial charge in [0.15, 0.2) is 5.65 Å². The van der Waals surface area contributed by atoms with Crippen LogP contribution >= 0.6 is 12.8 Å². The Morgan fingerprint density at radius 2 is 2.00 bits per heavy atom. The second kappa shape index (κ2) is 8.50. The van der Waals surface area contributed by atoms with Crippen molar-refractivity contribution in [2.75, 3.05) is 11.9 Å². The van der Waals surface area contributed by atoms with Crippen molar-refractivity contribution in [3.05, 3.63) is 66.1 Å². The first-order chi connectivity index (χ1) is 14.5. The van der Waals surface area contributed by atoms with Crippen molar-refractivity contribution in [2.45, 2.75) is 20.4 Å². The molecule has 0 saturated carbocycles. The monoisotopic (exact) mass is 419 g/mol. The van der Waals surface area contributed by atoms with Crippen molar-refractivity contribution in [1.82, 2.24) is 29.0 Å². The Morgan fingerprint density at radius 3 is 2.80 bits per heavy atom. The van der Waals surface area contributed by atoms with Gasteiger partial charge in [0.05, 0.1) is 24.6 Å². The minimum absolute atomic E-state index is 0.353. The van der Waals surface area contributed by atoms with Gasteiger partial charge in [0.25, 0.3) is 0 Å². The normalized spacial score (nSPS) is 10.9. The van der Waals surface area contributed by atoms with Gasteiger partial charge in [-0.2, -0.15) is 5.10 Å². The molecule has 8 nitrogen and oxygen atoms in total. The molecule has 0 fully saturated rings. The van der Waals surface area contributed by atoms with Crippen LogP contribution in [0.2, 0.25) is 0 Å². The van der Waals surface area contributed by atoms with Crippen LogP contribution in [0.15, 0.2) is 55.0 Å². The summed E-state index contributed by atoms with van der Waals surface area (Å²) in [6.45, 7) is 5.07. The summed E-state index contributed by atoms with van der Waals surface area (Å²) in [6, 6.07) is 11.3. The lowest BCUT2D eigenvalue weighted by atomic mass is 10.1. The first-order valence-electron chi connectivity index (χ1n) is 9.52. The molecule has 0 radical (unpaired) electrons. The number of hydrogen-bond donors (Lipinski definition) is 2. The number of thiol groups is 1. The molecule has 0 saturated heterocycles. The summed E-state index contributed by atoms with van der Waals surface area (Å²) in [7, 11) is 0. The summed E-state index contributed by atoms with van der Waals surface area (Å²) < 4.78 is 3.14. The molecule has 4 rings (SSSR count). The van der Waals surface area contributed by atoms with Crippen LogP contribution in [0.4, 0.5) is 10.6 Å². The molecule has 3 heterocycles. The van der Waals surface area contributed by atoms with E-state index >= 15 is 0 Å². The van der Waals surface area contributed by atoms with Gasteiger partial charge in [0.2, 0.25) is 0 Å². The maximum atomic E-state index is 12.0. The zero-order valence-electron chi connectivity index (χ0n) is 16.6. The van der Waals surface area contributed by atoms with Gasteiger partial charge in [-0.15, -0.1) is 0 Å². The lowest BCUT2D eigenvalue weighted by Crippen LogP contribution is -2.27. The zero-order valence-corrected chi connectivity index (χ0v) is 17.5. The van der Waals surface area contributed by atoms with Gasteiger partial charge in [0, 0.05) is 18.3 Å². The Hall–Kier alpha value is -3.46. The average Bonchev–Trinajstić information content (AvgIpc) is 3.23. The summed E-state index contributed by atoms with van der Waals surface area (Å²) in [5.74, 6) is 0.390. The number of carbonyl (C=O) groups is 1. The number of benzene rings is 1. The van der Waals surface area contributed by atoms with Gasteiger partial charge >= 0.3 is 6.03 Å². The van der Waals surface area contributed by atoms with Gasteiger partial charge in [0.1, 0.15) is 11.3 Å². The number of anilines is 1. The first kappa shape index (κ1) is 19.8. The van der Waals surface area contributed by atoms with Crippen molar-refractivity contribution in [1.29, 1.82) is 0 Å². The summed E-state index contributed by atoms with van der Waals surface area (Å²) >= 11 is 4.09. The Morgan fingerprint density at radius 1 is 1.17 bits per heavy atom. The molecule has 3 aromatic heterocycles. The summed E-state index contributed by atoms with van der Waals surface area (Å²) in [5.41, 5.74) is 5.04. The van der Waals surface area contributed by atoms with E-state index in [1.165, 1.54) is 15.4 Å². The quantitative estimate of drug-likeness (QED) is 0.478. The minimum atomic E-state index is -0.353. The van der Waals surface area contributed by atoms with E-state index in [0.717, 1.165) is 5.56 Å². The lowest BCUT2D eigenvalue weighted by molar-refractivity contribution is 0.240. The standard InChI is InChI=1S/C21H21N7OS/c1-3-28(30)21(29)26-19-9-8-17-20(25-19)24-18(11-22-17)16-10-23-27(13-16)12-15-7-5-4-6-14(15)2/h4-11,13,30H,3,12H2,1-2H3,(H,24,25,26,29). The number of carbonyl (C=O) groups excluding carboxylic acids is 1. The van der Waals surface area contributed by atoms with E-state index in [1.54, 1.807) is 24.5 Å². The predicted octanol–water partition coefficient (Wildman–Crippen LogP) is 3.94. The number of aromatic nitrogens is 5. The number of fused-ring (bicyclic) bond motifs is 1. The van der Waals surface area contributed by atoms with Gasteiger partial charge in [-0.3, -0.25) is 19.3 Å². The zero-order chi connectivity index (χ0) is 21.1.